The Labute approximate surface area is 168 Å². The monoisotopic (exact) mass is 384 g/mol. The highest BCUT2D eigenvalue weighted by molar-refractivity contribution is 6.02. The summed E-state index contributed by atoms with van der Waals surface area (Å²) in [5.74, 6) is 0.512. The molecule has 0 spiro atoms. The first-order chi connectivity index (χ1) is 14.1. The van der Waals surface area contributed by atoms with Crippen LogP contribution < -0.4 is 10.3 Å². The normalized spacial score (nSPS) is 11.2. The van der Waals surface area contributed by atoms with E-state index in [2.05, 4.69) is 4.99 Å². The van der Waals surface area contributed by atoms with E-state index in [4.69, 9.17) is 4.74 Å². The quantitative estimate of drug-likeness (QED) is 0.516. The molecule has 1 heterocycles. The minimum absolute atomic E-state index is 0.158. The van der Waals surface area contributed by atoms with Crippen molar-refractivity contribution in [1.82, 2.24) is 4.57 Å². The van der Waals surface area contributed by atoms with Gasteiger partial charge in [0.15, 0.2) is 0 Å². The zero-order chi connectivity index (χ0) is 20.4. The molecule has 29 heavy (non-hydrogen) atoms. The second kappa shape index (κ2) is 7.64. The molecule has 0 saturated carbocycles. The van der Waals surface area contributed by atoms with Crippen molar-refractivity contribution in [3.8, 4) is 17.3 Å². The number of aromatic nitrogens is 1. The molecule has 1 aromatic heterocycles. The minimum Gasteiger partial charge on any atom is -0.497 e. The Hall–Kier alpha value is -3.86. The van der Waals surface area contributed by atoms with Gasteiger partial charge in [-0.1, -0.05) is 35.9 Å². The zero-order valence-electron chi connectivity index (χ0n) is 16.2. The van der Waals surface area contributed by atoms with E-state index in [-0.39, 0.29) is 11.4 Å². The fourth-order valence-electron chi connectivity index (χ4n) is 3.23. The summed E-state index contributed by atoms with van der Waals surface area (Å²) in [7, 11) is 1.58. The number of hydrogen-bond acceptors (Lipinski definition) is 4. The van der Waals surface area contributed by atoms with Crippen LogP contribution in [0.3, 0.4) is 0 Å². The van der Waals surface area contributed by atoms with E-state index in [0.717, 1.165) is 11.3 Å². The third kappa shape index (κ3) is 3.50. The van der Waals surface area contributed by atoms with Crippen molar-refractivity contribution in [1.29, 1.82) is 0 Å². The fraction of sp³-hybridized carbons (Fsp3) is 0.0833. The highest BCUT2D eigenvalue weighted by Crippen LogP contribution is 2.27. The second-order valence-electron chi connectivity index (χ2n) is 6.72. The Kier molecular flexibility index (Phi) is 4.87. The van der Waals surface area contributed by atoms with Gasteiger partial charge < -0.3 is 9.84 Å². The van der Waals surface area contributed by atoms with E-state index >= 15 is 0 Å². The molecule has 0 unspecified atom stereocenters. The molecule has 0 fully saturated rings. The lowest BCUT2D eigenvalue weighted by atomic mass is 10.1. The molecule has 5 heteroatoms. The van der Waals surface area contributed by atoms with Gasteiger partial charge in [0.25, 0.3) is 5.56 Å². The second-order valence-corrected chi connectivity index (χ2v) is 6.72. The van der Waals surface area contributed by atoms with E-state index in [1.54, 1.807) is 49.7 Å². The van der Waals surface area contributed by atoms with Crippen LogP contribution in [0.1, 0.15) is 11.1 Å². The smallest absolute Gasteiger partial charge is 0.265 e. The van der Waals surface area contributed by atoms with Crippen LogP contribution in [0, 0.1) is 6.92 Å². The van der Waals surface area contributed by atoms with Crippen molar-refractivity contribution in [3.05, 3.63) is 94.3 Å². The number of aryl methyl sites for hydroxylation is 1. The van der Waals surface area contributed by atoms with Gasteiger partial charge in [0.1, 0.15) is 5.75 Å². The van der Waals surface area contributed by atoms with Crippen LogP contribution in [0.25, 0.3) is 16.5 Å². The van der Waals surface area contributed by atoms with E-state index in [0.29, 0.717) is 27.8 Å². The molecule has 0 aliphatic heterocycles. The molecule has 0 radical (unpaired) electrons. The van der Waals surface area contributed by atoms with Gasteiger partial charge in [-0.05, 0) is 49.4 Å². The number of pyridine rings is 1. The van der Waals surface area contributed by atoms with Gasteiger partial charge in [-0.3, -0.25) is 9.79 Å². The maximum Gasteiger partial charge on any atom is 0.265 e. The number of aromatic hydroxyl groups is 1. The van der Waals surface area contributed by atoms with Crippen LogP contribution in [0.2, 0.25) is 0 Å². The number of fused-ring (bicyclic) bond motifs is 1. The Balaban J connectivity index is 1.93. The van der Waals surface area contributed by atoms with E-state index in [1.807, 2.05) is 43.3 Å². The first-order valence-corrected chi connectivity index (χ1v) is 9.20. The van der Waals surface area contributed by atoms with Crippen LogP contribution in [0.5, 0.6) is 11.6 Å². The summed E-state index contributed by atoms with van der Waals surface area (Å²) in [6, 6.07) is 21.9. The molecule has 5 nitrogen and oxygen atoms in total. The van der Waals surface area contributed by atoms with Crippen molar-refractivity contribution in [2.75, 3.05) is 7.11 Å². The highest BCUT2D eigenvalue weighted by Gasteiger charge is 2.16. The topological polar surface area (TPSA) is 63.8 Å². The molecule has 4 rings (SSSR count). The summed E-state index contributed by atoms with van der Waals surface area (Å²) >= 11 is 0. The summed E-state index contributed by atoms with van der Waals surface area (Å²) in [4.78, 5) is 17.6. The number of benzene rings is 3. The van der Waals surface area contributed by atoms with Crippen LogP contribution in [-0.2, 0) is 0 Å². The summed E-state index contributed by atoms with van der Waals surface area (Å²) in [5.41, 5.74) is 2.64. The molecule has 0 atom stereocenters. The van der Waals surface area contributed by atoms with Crippen molar-refractivity contribution in [2.45, 2.75) is 6.92 Å². The Morgan fingerprint density at radius 2 is 1.59 bits per heavy atom. The van der Waals surface area contributed by atoms with E-state index in [1.165, 1.54) is 4.57 Å². The number of nitrogens with zero attached hydrogens (tertiary/aromatic N) is 2. The molecule has 0 amide bonds. The van der Waals surface area contributed by atoms with Crippen molar-refractivity contribution < 1.29 is 9.84 Å². The number of methoxy groups -OCH3 is 1. The average Bonchev–Trinajstić information content (AvgIpc) is 2.75. The lowest BCUT2D eigenvalue weighted by Gasteiger charge is -2.14. The summed E-state index contributed by atoms with van der Waals surface area (Å²) in [5, 5.41) is 12.2. The third-order valence-electron chi connectivity index (χ3n) is 4.81. The number of ether oxygens (including phenoxy) is 1. The fourth-order valence-corrected chi connectivity index (χ4v) is 3.23. The van der Waals surface area contributed by atoms with Crippen molar-refractivity contribution in [2.24, 2.45) is 4.99 Å². The van der Waals surface area contributed by atoms with E-state index < -0.39 is 0 Å². The van der Waals surface area contributed by atoms with Crippen LogP contribution in [0.4, 0.5) is 5.69 Å². The van der Waals surface area contributed by atoms with Crippen LogP contribution in [0.15, 0.2) is 82.6 Å². The molecule has 144 valence electrons. The van der Waals surface area contributed by atoms with Gasteiger partial charge in [-0.2, -0.15) is 0 Å². The van der Waals surface area contributed by atoms with Crippen LogP contribution >= 0.6 is 0 Å². The van der Waals surface area contributed by atoms with Gasteiger partial charge in [0.05, 0.1) is 24.0 Å². The van der Waals surface area contributed by atoms with Crippen LogP contribution in [-0.4, -0.2) is 23.0 Å². The van der Waals surface area contributed by atoms with E-state index in [9.17, 15) is 9.90 Å². The minimum atomic E-state index is -0.296. The molecule has 1 N–H and O–H groups in total. The molecular weight excluding hydrogens is 364 g/mol. The van der Waals surface area contributed by atoms with Gasteiger partial charge in [0.2, 0.25) is 5.88 Å². The largest absolute Gasteiger partial charge is 0.497 e. The molecule has 0 aliphatic carbocycles. The molecule has 0 aliphatic rings. The van der Waals surface area contributed by atoms with Crippen molar-refractivity contribution in [3.63, 3.8) is 0 Å². The molecule has 0 saturated heterocycles. The third-order valence-corrected chi connectivity index (χ3v) is 4.81. The summed E-state index contributed by atoms with van der Waals surface area (Å²) in [6.07, 6.45) is 1.60. The van der Waals surface area contributed by atoms with Gasteiger partial charge in [-0.25, -0.2) is 4.57 Å². The summed E-state index contributed by atoms with van der Waals surface area (Å²) in [6.45, 7) is 2.01. The first kappa shape index (κ1) is 18.5. The zero-order valence-corrected chi connectivity index (χ0v) is 16.2. The molecule has 4 aromatic rings. The molecular formula is C24H20N2O3. The Morgan fingerprint density at radius 1 is 0.931 bits per heavy atom. The SMILES string of the molecule is COc1ccc(-n2c(O)c(C=Nc3ccc(C)cc3)c3ccccc3c2=O)cc1. The maximum atomic E-state index is 13.1. The average molecular weight is 384 g/mol. The Morgan fingerprint density at radius 3 is 2.24 bits per heavy atom. The van der Waals surface area contributed by atoms with Crippen molar-refractivity contribution >= 4 is 22.7 Å². The van der Waals surface area contributed by atoms with Gasteiger partial charge in [-0.15, -0.1) is 0 Å². The summed E-state index contributed by atoms with van der Waals surface area (Å²) < 4.78 is 6.47. The standard InChI is InChI=1S/C24H20N2O3/c1-16-7-9-17(10-8-16)25-15-22-20-5-3-4-6-21(20)23(27)26(24(22)28)18-11-13-19(29-2)14-12-18/h3-15,28H,1-2H3. The highest BCUT2D eigenvalue weighted by atomic mass is 16.5. The van der Waals surface area contributed by atoms with Gasteiger partial charge in [0, 0.05) is 17.0 Å². The number of aliphatic imine (C=N–C) groups is 1. The Bertz CT molecular complexity index is 1250. The first-order valence-electron chi connectivity index (χ1n) is 9.20. The predicted octanol–water partition coefficient (Wildman–Crippen LogP) is 4.76. The predicted molar refractivity (Wildman–Crippen MR) is 116 cm³/mol. The molecule has 0 bridgehead atoms. The molecule has 3 aromatic carbocycles. The number of hydrogen-bond donors (Lipinski definition) is 1. The number of rotatable bonds is 4. The van der Waals surface area contributed by atoms with Gasteiger partial charge >= 0.3 is 0 Å². The maximum absolute atomic E-state index is 13.1. The lowest BCUT2D eigenvalue weighted by Crippen LogP contribution is -2.20. The lowest BCUT2D eigenvalue weighted by molar-refractivity contribution is 0.414.